The molecule has 0 saturated heterocycles. The van der Waals surface area contributed by atoms with E-state index in [1.54, 1.807) is 17.7 Å². The zero-order valence-corrected chi connectivity index (χ0v) is 8.80. The highest BCUT2D eigenvalue weighted by molar-refractivity contribution is 7.15. The van der Waals surface area contributed by atoms with Crippen molar-refractivity contribution in [1.82, 2.24) is 15.0 Å². The molecular formula is C9H10N4S. The van der Waals surface area contributed by atoms with E-state index < -0.39 is 0 Å². The quantitative estimate of drug-likeness (QED) is 0.816. The van der Waals surface area contributed by atoms with Gasteiger partial charge in [-0.1, -0.05) is 0 Å². The molecular weight excluding hydrogens is 196 g/mol. The molecule has 4 nitrogen and oxygen atoms in total. The first-order valence-electron chi connectivity index (χ1n) is 4.22. The zero-order valence-electron chi connectivity index (χ0n) is 7.98. The third-order valence-electron chi connectivity index (χ3n) is 1.80. The lowest BCUT2D eigenvalue weighted by Crippen LogP contribution is -1.93. The third-order valence-corrected chi connectivity index (χ3v) is 2.73. The molecule has 0 bridgehead atoms. The van der Waals surface area contributed by atoms with Crippen molar-refractivity contribution in [2.24, 2.45) is 0 Å². The third kappa shape index (κ3) is 1.72. The largest absolute Gasteiger partial charge is 0.373 e. The van der Waals surface area contributed by atoms with Crippen LogP contribution in [0.3, 0.4) is 0 Å². The number of nitrogens with zero attached hydrogens (tertiary/aromatic N) is 3. The van der Waals surface area contributed by atoms with Crippen molar-refractivity contribution in [3.63, 3.8) is 0 Å². The van der Waals surface area contributed by atoms with Gasteiger partial charge in [-0.25, -0.2) is 15.0 Å². The highest BCUT2D eigenvalue weighted by Gasteiger charge is 2.03. The van der Waals surface area contributed by atoms with Gasteiger partial charge in [-0.15, -0.1) is 11.3 Å². The topological polar surface area (TPSA) is 50.7 Å². The first-order chi connectivity index (χ1) is 6.79. The summed E-state index contributed by atoms with van der Waals surface area (Å²) in [6.45, 7) is 1.98. The van der Waals surface area contributed by atoms with Crippen molar-refractivity contribution in [3.05, 3.63) is 23.6 Å². The van der Waals surface area contributed by atoms with E-state index in [1.807, 2.05) is 26.2 Å². The van der Waals surface area contributed by atoms with Gasteiger partial charge in [-0.05, 0) is 6.92 Å². The molecule has 0 atom stereocenters. The molecule has 0 saturated carbocycles. The number of aromatic nitrogens is 3. The Balaban J connectivity index is 2.41. The first-order valence-corrected chi connectivity index (χ1v) is 5.04. The van der Waals surface area contributed by atoms with Crippen LogP contribution in [0.4, 0.5) is 5.82 Å². The lowest BCUT2D eigenvalue weighted by atomic mass is 10.3. The molecule has 0 spiro atoms. The van der Waals surface area contributed by atoms with Crippen molar-refractivity contribution in [1.29, 1.82) is 0 Å². The molecule has 5 heteroatoms. The number of thiazole rings is 1. The molecule has 0 aliphatic rings. The Labute approximate surface area is 86.1 Å². The Hall–Kier alpha value is -1.49. The summed E-state index contributed by atoms with van der Waals surface area (Å²) in [5.41, 5.74) is 0.912. The lowest BCUT2D eigenvalue weighted by molar-refractivity contribution is 1.16. The van der Waals surface area contributed by atoms with E-state index in [1.165, 1.54) is 0 Å². The summed E-state index contributed by atoms with van der Waals surface area (Å²) >= 11 is 1.63. The minimum absolute atomic E-state index is 0.820. The van der Waals surface area contributed by atoms with Crippen LogP contribution in [-0.4, -0.2) is 22.0 Å². The molecule has 72 valence electrons. The van der Waals surface area contributed by atoms with Crippen LogP contribution in [0.5, 0.6) is 0 Å². The number of anilines is 1. The average molecular weight is 206 g/mol. The SMILES string of the molecule is CNc1cc(-c2cnc(C)s2)ncn1. The van der Waals surface area contributed by atoms with Crippen LogP contribution in [0.25, 0.3) is 10.6 Å². The van der Waals surface area contributed by atoms with E-state index >= 15 is 0 Å². The van der Waals surface area contributed by atoms with E-state index in [0.29, 0.717) is 0 Å². The summed E-state index contributed by atoms with van der Waals surface area (Å²) in [6, 6.07) is 1.91. The molecule has 0 aromatic carbocycles. The fourth-order valence-electron chi connectivity index (χ4n) is 1.11. The van der Waals surface area contributed by atoms with Crippen LogP contribution in [0.1, 0.15) is 5.01 Å². The number of nitrogens with one attached hydrogen (secondary N) is 1. The molecule has 2 aromatic heterocycles. The smallest absolute Gasteiger partial charge is 0.129 e. The molecule has 2 aromatic rings. The average Bonchev–Trinajstić information content (AvgIpc) is 2.65. The minimum atomic E-state index is 0.820. The van der Waals surface area contributed by atoms with E-state index in [-0.39, 0.29) is 0 Å². The van der Waals surface area contributed by atoms with Gasteiger partial charge < -0.3 is 5.32 Å². The second-order valence-corrected chi connectivity index (χ2v) is 4.02. The van der Waals surface area contributed by atoms with E-state index in [0.717, 1.165) is 21.4 Å². The van der Waals surface area contributed by atoms with Crippen molar-refractivity contribution >= 4 is 17.2 Å². The van der Waals surface area contributed by atoms with E-state index in [4.69, 9.17) is 0 Å². The van der Waals surface area contributed by atoms with Crippen molar-refractivity contribution in [2.45, 2.75) is 6.92 Å². The van der Waals surface area contributed by atoms with Crippen molar-refractivity contribution in [3.8, 4) is 10.6 Å². The van der Waals surface area contributed by atoms with Gasteiger partial charge in [-0.3, -0.25) is 0 Å². The number of hydrogen-bond donors (Lipinski definition) is 1. The Morgan fingerprint density at radius 1 is 1.29 bits per heavy atom. The van der Waals surface area contributed by atoms with Crippen LogP contribution in [0.2, 0.25) is 0 Å². The molecule has 1 N–H and O–H groups in total. The van der Waals surface area contributed by atoms with E-state index in [2.05, 4.69) is 20.3 Å². The number of rotatable bonds is 2. The monoisotopic (exact) mass is 206 g/mol. The second kappa shape index (κ2) is 3.71. The molecule has 2 rings (SSSR count). The van der Waals surface area contributed by atoms with Gasteiger partial charge in [0.05, 0.1) is 15.6 Å². The first kappa shape index (κ1) is 9.08. The Morgan fingerprint density at radius 3 is 2.79 bits per heavy atom. The molecule has 0 fully saturated rings. The van der Waals surface area contributed by atoms with Crippen LogP contribution in [0, 0.1) is 6.92 Å². The minimum Gasteiger partial charge on any atom is -0.373 e. The van der Waals surface area contributed by atoms with Crippen LogP contribution >= 0.6 is 11.3 Å². The highest BCUT2D eigenvalue weighted by atomic mass is 32.1. The van der Waals surface area contributed by atoms with Gasteiger partial charge in [0.15, 0.2) is 0 Å². The summed E-state index contributed by atoms with van der Waals surface area (Å²) in [7, 11) is 1.84. The highest BCUT2D eigenvalue weighted by Crippen LogP contribution is 2.24. The molecule has 14 heavy (non-hydrogen) atoms. The summed E-state index contributed by atoms with van der Waals surface area (Å²) in [5.74, 6) is 0.820. The molecule has 0 amide bonds. The van der Waals surface area contributed by atoms with Gasteiger partial charge in [-0.2, -0.15) is 0 Å². The number of aryl methyl sites for hydroxylation is 1. The standard InChI is InChI=1S/C9H10N4S/c1-6-11-4-8(14-6)7-3-9(10-2)13-5-12-7/h3-5H,1-2H3,(H,10,12,13). The van der Waals surface area contributed by atoms with Gasteiger partial charge in [0.25, 0.3) is 0 Å². The van der Waals surface area contributed by atoms with Crippen LogP contribution in [-0.2, 0) is 0 Å². The van der Waals surface area contributed by atoms with Gasteiger partial charge in [0.1, 0.15) is 12.1 Å². The predicted octanol–water partition coefficient (Wildman–Crippen LogP) is 1.95. The van der Waals surface area contributed by atoms with Crippen LogP contribution < -0.4 is 5.32 Å². The summed E-state index contributed by atoms with van der Waals surface area (Å²) < 4.78 is 0. The second-order valence-electron chi connectivity index (χ2n) is 2.78. The van der Waals surface area contributed by atoms with Crippen molar-refractivity contribution < 1.29 is 0 Å². The molecule has 0 unspecified atom stereocenters. The maximum Gasteiger partial charge on any atom is 0.129 e. The molecule has 0 aliphatic heterocycles. The fourth-order valence-corrected chi connectivity index (χ4v) is 1.85. The molecule has 0 radical (unpaired) electrons. The normalized spacial score (nSPS) is 10.1. The van der Waals surface area contributed by atoms with Gasteiger partial charge in [0, 0.05) is 19.3 Å². The lowest BCUT2D eigenvalue weighted by Gasteiger charge is -1.99. The maximum absolute atomic E-state index is 4.19. The Bertz CT molecular complexity index is 438. The zero-order chi connectivity index (χ0) is 9.97. The van der Waals surface area contributed by atoms with Gasteiger partial charge in [0.2, 0.25) is 0 Å². The van der Waals surface area contributed by atoms with E-state index in [9.17, 15) is 0 Å². The maximum atomic E-state index is 4.19. The molecule has 0 aliphatic carbocycles. The molecule has 2 heterocycles. The van der Waals surface area contributed by atoms with Gasteiger partial charge >= 0.3 is 0 Å². The van der Waals surface area contributed by atoms with Crippen molar-refractivity contribution in [2.75, 3.05) is 12.4 Å². The Kier molecular flexibility index (Phi) is 2.41. The summed E-state index contributed by atoms with van der Waals surface area (Å²) in [4.78, 5) is 13.5. The summed E-state index contributed by atoms with van der Waals surface area (Å²) in [5, 5.41) is 4.02. The number of hydrogen-bond acceptors (Lipinski definition) is 5. The fraction of sp³-hybridized carbons (Fsp3) is 0.222. The summed E-state index contributed by atoms with van der Waals surface area (Å²) in [6.07, 6.45) is 3.39. The predicted molar refractivity (Wildman–Crippen MR) is 57.4 cm³/mol. The Morgan fingerprint density at radius 2 is 2.14 bits per heavy atom. The van der Waals surface area contributed by atoms with Crippen LogP contribution in [0.15, 0.2) is 18.6 Å².